The number of amides is 1. The molecular formula is C16H32N2O. The summed E-state index contributed by atoms with van der Waals surface area (Å²) < 4.78 is 0. The van der Waals surface area contributed by atoms with Crippen molar-refractivity contribution in [2.45, 2.75) is 78.8 Å². The van der Waals surface area contributed by atoms with Crippen LogP contribution in [0.4, 0.5) is 0 Å². The first kappa shape index (κ1) is 16.5. The third-order valence-corrected chi connectivity index (χ3v) is 3.65. The van der Waals surface area contributed by atoms with E-state index in [4.69, 9.17) is 0 Å². The lowest BCUT2D eigenvalue weighted by atomic mass is 9.92. The maximum Gasteiger partial charge on any atom is 0.224 e. The summed E-state index contributed by atoms with van der Waals surface area (Å²) in [5, 5.41) is 6.71. The molecule has 3 heteroatoms. The lowest BCUT2D eigenvalue weighted by Gasteiger charge is -2.29. The van der Waals surface area contributed by atoms with Crippen molar-refractivity contribution in [1.82, 2.24) is 10.6 Å². The molecule has 1 fully saturated rings. The van der Waals surface area contributed by atoms with Gasteiger partial charge in [0.15, 0.2) is 0 Å². The standard InChI is InChI=1S/C16H32N2O/c1-15(2,3)10-11-17-14(19)12-8-7-9-13(12)18-16(4,5)6/h12-13,18H,7-11H2,1-6H3,(H,17,19)/t12-,13+/m0/s1. The van der Waals surface area contributed by atoms with Gasteiger partial charge in [-0.25, -0.2) is 0 Å². The first-order chi connectivity index (χ1) is 8.58. The molecule has 2 atom stereocenters. The molecule has 0 aliphatic heterocycles. The second-order valence-corrected chi connectivity index (χ2v) is 8.14. The van der Waals surface area contributed by atoms with Crippen LogP contribution >= 0.6 is 0 Å². The van der Waals surface area contributed by atoms with Crippen LogP contribution in [-0.4, -0.2) is 24.0 Å². The van der Waals surface area contributed by atoms with E-state index in [1.807, 2.05) is 0 Å². The molecule has 19 heavy (non-hydrogen) atoms. The van der Waals surface area contributed by atoms with E-state index in [1.165, 1.54) is 0 Å². The molecule has 0 aromatic rings. The van der Waals surface area contributed by atoms with Gasteiger partial charge in [-0.1, -0.05) is 27.2 Å². The maximum absolute atomic E-state index is 12.3. The van der Waals surface area contributed by atoms with Crippen LogP contribution in [0.15, 0.2) is 0 Å². The second kappa shape index (κ2) is 6.25. The van der Waals surface area contributed by atoms with Gasteiger partial charge >= 0.3 is 0 Å². The van der Waals surface area contributed by atoms with Gasteiger partial charge in [-0.3, -0.25) is 4.79 Å². The number of hydrogen-bond donors (Lipinski definition) is 2. The summed E-state index contributed by atoms with van der Waals surface area (Å²) in [6, 6.07) is 0.342. The van der Waals surface area contributed by atoms with Crippen molar-refractivity contribution >= 4 is 5.91 Å². The first-order valence-electron chi connectivity index (χ1n) is 7.64. The Morgan fingerprint density at radius 3 is 2.26 bits per heavy atom. The van der Waals surface area contributed by atoms with Gasteiger partial charge in [-0.2, -0.15) is 0 Å². The van der Waals surface area contributed by atoms with E-state index in [0.717, 1.165) is 32.2 Å². The van der Waals surface area contributed by atoms with Crippen LogP contribution in [0.1, 0.15) is 67.2 Å². The third kappa shape index (κ3) is 6.42. The maximum atomic E-state index is 12.3. The molecule has 0 saturated heterocycles. The molecule has 112 valence electrons. The minimum Gasteiger partial charge on any atom is -0.356 e. The SMILES string of the molecule is CC(C)(C)CCNC(=O)[C@H]1CCC[C@H]1NC(C)(C)C. The molecule has 3 nitrogen and oxygen atoms in total. The largest absolute Gasteiger partial charge is 0.356 e. The molecule has 0 heterocycles. The van der Waals surface area contributed by atoms with Crippen molar-refractivity contribution in [2.24, 2.45) is 11.3 Å². The molecule has 0 unspecified atom stereocenters. The van der Waals surface area contributed by atoms with Crippen LogP contribution in [0.25, 0.3) is 0 Å². The van der Waals surface area contributed by atoms with Crippen LogP contribution in [0.5, 0.6) is 0 Å². The van der Waals surface area contributed by atoms with Gasteiger partial charge in [0.2, 0.25) is 5.91 Å². The first-order valence-corrected chi connectivity index (χ1v) is 7.64. The Kier molecular flexibility index (Phi) is 5.43. The van der Waals surface area contributed by atoms with Gasteiger partial charge in [0, 0.05) is 18.1 Å². The fourth-order valence-corrected chi connectivity index (χ4v) is 2.69. The van der Waals surface area contributed by atoms with E-state index in [9.17, 15) is 4.79 Å². The van der Waals surface area contributed by atoms with Crippen LogP contribution in [0.2, 0.25) is 0 Å². The predicted molar refractivity (Wildman–Crippen MR) is 81.1 cm³/mol. The van der Waals surface area contributed by atoms with Crippen molar-refractivity contribution in [1.29, 1.82) is 0 Å². The molecule has 1 aliphatic carbocycles. The molecule has 2 N–H and O–H groups in total. The van der Waals surface area contributed by atoms with E-state index < -0.39 is 0 Å². The minimum absolute atomic E-state index is 0.0823. The minimum atomic E-state index is 0.0823. The van der Waals surface area contributed by atoms with Gasteiger partial charge in [0.05, 0.1) is 5.92 Å². The fraction of sp³-hybridized carbons (Fsp3) is 0.938. The van der Waals surface area contributed by atoms with Crippen molar-refractivity contribution < 1.29 is 4.79 Å². The monoisotopic (exact) mass is 268 g/mol. The number of nitrogens with one attached hydrogen (secondary N) is 2. The van der Waals surface area contributed by atoms with Crippen molar-refractivity contribution in [3.63, 3.8) is 0 Å². The molecule has 1 saturated carbocycles. The lowest BCUT2D eigenvalue weighted by molar-refractivity contribution is -0.125. The van der Waals surface area contributed by atoms with Gasteiger partial charge in [0.1, 0.15) is 0 Å². The van der Waals surface area contributed by atoms with Crippen LogP contribution in [0, 0.1) is 11.3 Å². The Morgan fingerprint density at radius 2 is 1.74 bits per heavy atom. The summed E-state index contributed by atoms with van der Waals surface area (Å²) in [5.41, 5.74) is 0.366. The van der Waals surface area contributed by atoms with Crippen LogP contribution in [0.3, 0.4) is 0 Å². The Morgan fingerprint density at radius 1 is 1.11 bits per heavy atom. The number of rotatable bonds is 4. The van der Waals surface area contributed by atoms with E-state index in [2.05, 4.69) is 52.2 Å². The molecule has 1 rings (SSSR count). The molecule has 0 aromatic carbocycles. The summed E-state index contributed by atoms with van der Waals surface area (Å²) in [5.74, 6) is 0.391. The lowest BCUT2D eigenvalue weighted by Crippen LogP contribution is -2.49. The van der Waals surface area contributed by atoms with Gasteiger partial charge in [-0.15, -0.1) is 0 Å². The van der Waals surface area contributed by atoms with Crippen LogP contribution < -0.4 is 10.6 Å². The highest BCUT2D eigenvalue weighted by Gasteiger charge is 2.34. The van der Waals surface area contributed by atoms with Crippen molar-refractivity contribution in [3.05, 3.63) is 0 Å². The summed E-state index contributed by atoms with van der Waals surface area (Å²) in [6.45, 7) is 13.9. The fourth-order valence-electron chi connectivity index (χ4n) is 2.69. The zero-order chi connectivity index (χ0) is 14.7. The highest BCUT2D eigenvalue weighted by molar-refractivity contribution is 5.79. The van der Waals surface area contributed by atoms with Crippen molar-refractivity contribution in [3.8, 4) is 0 Å². The van der Waals surface area contributed by atoms with Gasteiger partial charge < -0.3 is 10.6 Å². The number of hydrogen-bond acceptors (Lipinski definition) is 2. The molecule has 0 radical (unpaired) electrons. The Hall–Kier alpha value is -0.570. The third-order valence-electron chi connectivity index (χ3n) is 3.65. The highest BCUT2D eigenvalue weighted by Crippen LogP contribution is 2.27. The highest BCUT2D eigenvalue weighted by atomic mass is 16.1. The average Bonchev–Trinajstić information content (AvgIpc) is 2.60. The molecule has 1 aliphatic rings. The predicted octanol–water partition coefficient (Wildman–Crippen LogP) is 3.10. The van der Waals surface area contributed by atoms with E-state index in [1.54, 1.807) is 0 Å². The average molecular weight is 268 g/mol. The topological polar surface area (TPSA) is 41.1 Å². The quantitative estimate of drug-likeness (QED) is 0.822. The van der Waals surface area contributed by atoms with Crippen LogP contribution in [-0.2, 0) is 4.79 Å². The normalized spacial score (nSPS) is 24.5. The van der Waals surface area contributed by atoms with Gasteiger partial charge in [0.25, 0.3) is 0 Å². The molecular weight excluding hydrogens is 236 g/mol. The number of carbonyl (C=O) groups excluding carboxylic acids is 1. The summed E-state index contributed by atoms with van der Waals surface area (Å²) in [4.78, 5) is 12.3. The van der Waals surface area contributed by atoms with E-state index in [0.29, 0.717) is 6.04 Å². The second-order valence-electron chi connectivity index (χ2n) is 8.14. The molecule has 0 bridgehead atoms. The summed E-state index contributed by atoms with van der Waals surface area (Å²) in [7, 11) is 0. The number of carbonyl (C=O) groups is 1. The smallest absolute Gasteiger partial charge is 0.224 e. The zero-order valence-corrected chi connectivity index (χ0v) is 13.6. The summed E-state index contributed by atoms with van der Waals surface area (Å²) >= 11 is 0. The van der Waals surface area contributed by atoms with Gasteiger partial charge in [-0.05, 0) is 45.4 Å². The molecule has 0 aromatic heterocycles. The Bertz CT molecular complexity index is 299. The summed E-state index contributed by atoms with van der Waals surface area (Å²) in [6.07, 6.45) is 4.33. The van der Waals surface area contributed by atoms with E-state index >= 15 is 0 Å². The zero-order valence-electron chi connectivity index (χ0n) is 13.6. The Labute approximate surface area is 118 Å². The van der Waals surface area contributed by atoms with Crippen molar-refractivity contribution in [2.75, 3.05) is 6.54 Å². The molecule has 0 spiro atoms. The Balaban J connectivity index is 2.42. The van der Waals surface area contributed by atoms with E-state index in [-0.39, 0.29) is 22.8 Å². The molecule has 1 amide bonds.